The van der Waals surface area contributed by atoms with Gasteiger partial charge in [-0.05, 0) is 43.2 Å². The van der Waals surface area contributed by atoms with Crippen molar-refractivity contribution in [3.05, 3.63) is 29.8 Å². The number of nitrogens with two attached hydrogens (primary N) is 1. The molecule has 1 amide bonds. The van der Waals surface area contributed by atoms with Gasteiger partial charge in [-0.3, -0.25) is 9.59 Å². The highest BCUT2D eigenvalue weighted by Gasteiger charge is 2.07. The van der Waals surface area contributed by atoms with Crippen LogP contribution in [0.4, 0.5) is 0 Å². The Balaban J connectivity index is 2.55. The number of ether oxygens (including phenoxy) is 2. The molecule has 3 N–H and O–H groups in total. The van der Waals surface area contributed by atoms with Crippen LogP contribution in [0, 0.1) is 0 Å². The highest BCUT2D eigenvalue weighted by atomic mass is 16.6. The molecule has 1 aromatic rings. The second-order valence-corrected chi connectivity index (χ2v) is 4.98. The predicted octanol–water partition coefficient (Wildman–Crippen LogP) is 1.88. The van der Waals surface area contributed by atoms with Crippen LogP contribution in [0.2, 0.25) is 0 Å². The summed E-state index contributed by atoms with van der Waals surface area (Å²) in [6.07, 6.45) is 6.04. The smallest absolute Gasteiger partial charge is 0.308 e. The molecule has 1 rings (SSSR count). The number of methoxy groups -OCH3 is 1. The summed E-state index contributed by atoms with van der Waals surface area (Å²) < 4.78 is 10.2. The Morgan fingerprint density at radius 1 is 1.22 bits per heavy atom. The molecule has 0 radical (unpaired) electrons. The van der Waals surface area contributed by atoms with E-state index in [0.717, 1.165) is 24.8 Å². The maximum atomic E-state index is 11.7. The van der Waals surface area contributed by atoms with Gasteiger partial charge in [-0.2, -0.15) is 0 Å². The third-order valence-electron chi connectivity index (χ3n) is 3.05. The average molecular weight is 320 g/mol. The van der Waals surface area contributed by atoms with E-state index in [2.05, 4.69) is 5.32 Å². The van der Waals surface area contributed by atoms with Crippen molar-refractivity contribution in [2.75, 3.05) is 20.2 Å². The summed E-state index contributed by atoms with van der Waals surface area (Å²) in [6.45, 7) is 2.64. The van der Waals surface area contributed by atoms with E-state index in [1.54, 1.807) is 24.3 Å². The van der Waals surface area contributed by atoms with E-state index in [4.69, 9.17) is 15.2 Å². The van der Waals surface area contributed by atoms with E-state index in [0.29, 0.717) is 24.6 Å². The van der Waals surface area contributed by atoms with Gasteiger partial charge >= 0.3 is 5.97 Å². The molecule has 0 aliphatic rings. The quantitative estimate of drug-likeness (QED) is 0.314. The first-order valence-corrected chi connectivity index (χ1v) is 7.59. The summed E-state index contributed by atoms with van der Waals surface area (Å²) in [7, 11) is 1.49. The third kappa shape index (κ3) is 7.46. The molecule has 126 valence electrons. The Kier molecular flexibility index (Phi) is 8.46. The van der Waals surface area contributed by atoms with E-state index >= 15 is 0 Å². The normalized spacial score (nSPS) is 10.6. The van der Waals surface area contributed by atoms with Gasteiger partial charge in [0.25, 0.3) is 0 Å². The number of carbonyl (C=O) groups excluding carboxylic acids is 2. The fourth-order valence-corrected chi connectivity index (χ4v) is 1.92. The van der Waals surface area contributed by atoms with Gasteiger partial charge < -0.3 is 20.5 Å². The molecule has 1 aromatic carbocycles. The second kappa shape index (κ2) is 10.4. The van der Waals surface area contributed by atoms with Crippen molar-refractivity contribution >= 4 is 18.0 Å². The molecule has 0 aliphatic carbocycles. The zero-order valence-corrected chi connectivity index (χ0v) is 13.6. The molecule has 0 fully saturated rings. The van der Waals surface area contributed by atoms with Gasteiger partial charge in [0.05, 0.1) is 7.11 Å². The van der Waals surface area contributed by atoms with Gasteiger partial charge in [0, 0.05) is 19.5 Å². The lowest BCUT2D eigenvalue weighted by atomic mass is 10.2. The molecular formula is C17H24N2O4. The highest BCUT2D eigenvalue weighted by molar-refractivity contribution is 5.91. The van der Waals surface area contributed by atoms with Crippen molar-refractivity contribution < 1.29 is 19.1 Å². The Labute approximate surface area is 136 Å². The van der Waals surface area contributed by atoms with Crippen molar-refractivity contribution in [3.63, 3.8) is 0 Å². The number of hydrogen-bond donors (Lipinski definition) is 2. The van der Waals surface area contributed by atoms with Gasteiger partial charge in [-0.1, -0.05) is 12.5 Å². The highest BCUT2D eigenvalue weighted by Crippen LogP contribution is 2.28. The summed E-state index contributed by atoms with van der Waals surface area (Å²) in [5.41, 5.74) is 6.18. The standard InChI is InChI=1S/C17H24N2O4/c1-13(20)23-15-8-6-14(12-16(15)22-2)7-9-17(21)19-11-5-3-4-10-18/h6-9,12H,3-5,10-11,18H2,1-2H3,(H,19,21). The van der Waals surface area contributed by atoms with E-state index in [1.165, 1.54) is 20.1 Å². The first-order chi connectivity index (χ1) is 11.1. The van der Waals surface area contributed by atoms with Crippen molar-refractivity contribution in [1.29, 1.82) is 0 Å². The number of nitrogens with one attached hydrogen (secondary N) is 1. The maximum absolute atomic E-state index is 11.7. The molecule has 0 aliphatic heterocycles. The summed E-state index contributed by atoms with van der Waals surface area (Å²) in [6, 6.07) is 5.07. The molecule has 6 heteroatoms. The van der Waals surface area contributed by atoms with Gasteiger partial charge in [-0.25, -0.2) is 0 Å². The van der Waals surface area contributed by atoms with Crippen molar-refractivity contribution in [2.45, 2.75) is 26.2 Å². The van der Waals surface area contributed by atoms with Crippen LogP contribution >= 0.6 is 0 Å². The molecule has 0 saturated carbocycles. The van der Waals surface area contributed by atoms with Crippen LogP contribution < -0.4 is 20.5 Å². The van der Waals surface area contributed by atoms with Gasteiger partial charge in [-0.15, -0.1) is 0 Å². The number of benzene rings is 1. The number of amides is 1. The van der Waals surface area contributed by atoms with E-state index < -0.39 is 5.97 Å². The second-order valence-electron chi connectivity index (χ2n) is 4.98. The lowest BCUT2D eigenvalue weighted by Crippen LogP contribution is -2.22. The Bertz CT molecular complexity index is 556. The fourth-order valence-electron chi connectivity index (χ4n) is 1.92. The van der Waals surface area contributed by atoms with Crippen LogP contribution in [0.1, 0.15) is 31.7 Å². The molecule has 0 spiro atoms. The summed E-state index contributed by atoms with van der Waals surface area (Å²) in [5.74, 6) is 0.215. The van der Waals surface area contributed by atoms with E-state index in [9.17, 15) is 9.59 Å². The lowest BCUT2D eigenvalue weighted by Gasteiger charge is -2.08. The van der Waals surface area contributed by atoms with Gasteiger partial charge in [0.2, 0.25) is 5.91 Å². The molecule has 0 bridgehead atoms. The van der Waals surface area contributed by atoms with Gasteiger partial charge in [0.15, 0.2) is 11.5 Å². The number of hydrogen-bond acceptors (Lipinski definition) is 5. The van der Waals surface area contributed by atoms with Crippen LogP contribution in [-0.2, 0) is 9.59 Å². The Morgan fingerprint density at radius 3 is 2.65 bits per heavy atom. The van der Waals surface area contributed by atoms with E-state index in [-0.39, 0.29) is 5.91 Å². The molecule has 0 saturated heterocycles. The summed E-state index contributed by atoms with van der Waals surface area (Å²) >= 11 is 0. The molecule has 0 aromatic heterocycles. The molecule has 0 heterocycles. The minimum Gasteiger partial charge on any atom is -0.493 e. The Hall–Kier alpha value is -2.34. The lowest BCUT2D eigenvalue weighted by molar-refractivity contribution is -0.132. The number of esters is 1. The van der Waals surface area contributed by atoms with Crippen molar-refractivity contribution in [1.82, 2.24) is 5.32 Å². The first kappa shape index (κ1) is 18.7. The number of carbonyl (C=O) groups is 2. The molecule has 0 unspecified atom stereocenters. The van der Waals surface area contributed by atoms with Crippen LogP contribution in [0.5, 0.6) is 11.5 Å². The molecule has 0 atom stereocenters. The minimum absolute atomic E-state index is 0.152. The van der Waals surface area contributed by atoms with Crippen LogP contribution in [0.15, 0.2) is 24.3 Å². The Morgan fingerprint density at radius 2 is 2.00 bits per heavy atom. The van der Waals surface area contributed by atoms with Crippen molar-refractivity contribution in [2.24, 2.45) is 5.73 Å². The largest absolute Gasteiger partial charge is 0.493 e. The van der Waals surface area contributed by atoms with Crippen LogP contribution in [-0.4, -0.2) is 32.1 Å². The SMILES string of the molecule is COc1cc(C=CC(=O)NCCCCCN)ccc1OC(C)=O. The van der Waals surface area contributed by atoms with Crippen molar-refractivity contribution in [3.8, 4) is 11.5 Å². The first-order valence-electron chi connectivity index (χ1n) is 7.59. The fraction of sp³-hybridized carbons (Fsp3) is 0.412. The monoisotopic (exact) mass is 320 g/mol. The van der Waals surface area contributed by atoms with Crippen LogP contribution in [0.3, 0.4) is 0 Å². The topological polar surface area (TPSA) is 90.7 Å². The maximum Gasteiger partial charge on any atom is 0.308 e. The predicted molar refractivity (Wildman–Crippen MR) is 89.3 cm³/mol. The molecular weight excluding hydrogens is 296 g/mol. The number of unbranched alkanes of at least 4 members (excludes halogenated alkanes) is 2. The zero-order chi connectivity index (χ0) is 17.1. The minimum atomic E-state index is -0.416. The molecule has 23 heavy (non-hydrogen) atoms. The third-order valence-corrected chi connectivity index (χ3v) is 3.05. The van der Waals surface area contributed by atoms with E-state index in [1.807, 2.05) is 0 Å². The molecule has 6 nitrogen and oxygen atoms in total. The van der Waals surface area contributed by atoms with Gasteiger partial charge in [0.1, 0.15) is 0 Å². The summed E-state index contributed by atoms with van der Waals surface area (Å²) in [5, 5.41) is 2.81. The van der Waals surface area contributed by atoms with Crippen LogP contribution in [0.25, 0.3) is 6.08 Å². The average Bonchev–Trinajstić information content (AvgIpc) is 2.53. The zero-order valence-electron chi connectivity index (χ0n) is 13.6. The number of rotatable bonds is 9. The summed E-state index contributed by atoms with van der Waals surface area (Å²) in [4.78, 5) is 22.7.